The van der Waals surface area contributed by atoms with E-state index in [-0.39, 0.29) is 11.8 Å². The minimum atomic E-state index is -0.137. The highest BCUT2D eigenvalue weighted by molar-refractivity contribution is 5.78. The molecule has 6 heteroatoms. The summed E-state index contributed by atoms with van der Waals surface area (Å²) in [5, 5.41) is 8.13. The van der Waals surface area contributed by atoms with E-state index in [1.54, 1.807) is 22.8 Å². The lowest BCUT2D eigenvalue weighted by molar-refractivity contribution is -0.134. The zero-order valence-electron chi connectivity index (χ0n) is 13.0. The van der Waals surface area contributed by atoms with Crippen molar-refractivity contribution < 1.29 is 9.32 Å². The van der Waals surface area contributed by atoms with E-state index in [0.717, 1.165) is 5.69 Å². The second kappa shape index (κ2) is 6.56. The molecular weight excluding hydrogens is 268 g/mol. The maximum Gasteiger partial charge on any atom is 0.227 e. The van der Waals surface area contributed by atoms with Gasteiger partial charge in [0, 0.05) is 25.5 Å². The lowest BCUT2D eigenvalue weighted by Crippen LogP contribution is -2.33. The largest absolute Gasteiger partial charge is 0.359 e. The van der Waals surface area contributed by atoms with E-state index in [0.29, 0.717) is 24.8 Å². The van der Waals surface area contributed by atoms with Gasteiger partial charge in [-0.05, 0) is 12.0 Å². The third-order valence-corrected chi connectivity index (χ3v) is 3.38. The van der Waals surface area contributed by atoms with Crippen LogP contribution in [0.1, 0.15) is 38.1 Å². The molecule has 2 aromatic rings. The van der Waals surface area contributed by atoms with Crippen LogP contribution in [0.25, 0.3) is 0 Å². The van der Waals surface area contributed by atoms with Crippen molar-refractivity contribution in [3.8, 4) is 0 Å². The molecule has 0 spiro atoms. The predicted molar refractivity (Wildman–Crippen MR) is 78.5 cm³/mol. The number of rotatable bonds is 6. The van der Waals surface area contributed by atoms with Gasteiger partial charge >= 0.3 is 0 Å². The van der Waals surface area contributed by atoms with Crippen molar-refractivity contribution in [1.29, 1.82) is 0 Å². The molecule has 21 heavy (non-hydrogen) atoms. The highest BCUT2D eigenvalue weighted by atomic mass is 16.5. The van der Waals surface area contributed by atoms with Crippen molar-refractivity contribution in [3.05, 3.63) is 36.0 Å². The zero-order valence-corrected chi connectivity index (χ0v) is 13.0. The van der Waals surface area contributed by atoms with E-state index in [4.69, 9.17) is 4.52 Å². The van der Waals surface area contributed by atoms with Crippen LogP contribution in [0, 0.1) is 5.92 Å². The number of hydrogen-bond acceptors (Lipinski definition) is 4. The van der Waals surface area contributed by atoms with Crippen LogP contribution < -0.4 is 0 Å². The molecule has 1 amide bonds. The summed E-state index contributed by atoms with van der Waals surface area (Å²) in [5.74, 6) is 0.957. The van der Waals surface area contributed by atoms with Crippen LogP contribution in [-0.2, 0) is 17.9 Å². The van der Waals surface area contributed by atoms with Gasteiger partial charge < -0.3 is 9.42 Å². The van der Waals surface area contributed by atoms with Gasteiger partial charge in [-0.15, -0.1) is 0 Å². The van der Waals surface area contributed by atoms with Crippen LogP contribution in [0.2, 0.25) is 0 Å². The van der Waals surface area contributed by atoms with Crippen LogP contribution in [-0.4, -0.2) is 32.8 Å². The summed E-state index contributed by atoms with van der Waals surface area (Å²) in [4.78, 5) is 14.0. The standard InChI is InChI=1S/C15H22N4O2/c1-11(2)14-8-13(21-17-14)10-18(4)15(20)12(3)9-19-7-5-6-16-19/h5-8,11-12H,9-10H2,1-4H3. The number of carbonyl (C=O) groups excluding carboxylic acids is 1. The number of nitrogens with zero attached hydrogens (tertiary/aromatic N) is 4. The van der Waals surface area contributed by atoms with Crippen LogP contribution in [0.5, 0.6) is 0 Å². The van der Waals surface area contributed by atoms with Gasteiger partial charge in [0.25, 0.3) is 0 Å². The Morgan fingerprint density at radius 1 is 1.43 bits per heavy atom. The zero-order chi connectivity index (χ0) is 15.4. The summed E-state index contributed by atoms with van der Waals surface area (Å²) >= 11 is 0. The average Bonchev–Trinajstić information content (AvgIpc) is 3.09. The van der Waals surface area contributed by atoms with Crippen molar-refractivity contribution in [2.45, 2.75) is 39.8 Å². The third kappa shape index (κ3) is 3.93. The van der Waals surface area contributed by atoms with E-state index in [1.807, 2.05) is 25.3 Å². The summed E-state index contributed by atoms with van der Waals surface area (Å²) in [5.41, 5.74) is 0.912. The fourth-order valence-corrected chi connectivity index (χ4v) is 2.13. The van der Waals surface area contributed by atoms with Crippen LogP contribution in [0.4, 0.5) is 0 Å². The molecule has 2 rings (SSSR count). The summed E-state index contributed by atoms with van der Waals surface area (Å²) in [7, 11) is 1.78. The van der Waals surface area contributed by atoms with Gasteiger partial charge in [-0.25, -0.2) is 0 Å². The quantitative estimate of drug-likeness (QED) is 0.818. The maximum atomic E-state index is 12.3. The molecular formula is C15H22N4O2. The first-order valence-corrected chi connectivity index (χ1v) is 7.15. The van der Waals surface area contributed by atoms with Crippen LogP contribution >= 0.6 is 0 Å². The van der Waals surface area contributed by atoms with Gasteiger partial charge in [0.2, 0.25) is 5.91 Å². The van der Waals surface area contributed by atoms with E-state index in [1.165, 1.54) is 0 Å². The first-order valence-electron chi connectivity index (χ1n) is 7.15. The molecule has 114 valence electrons. The summed E-state index contributed by atoms with van der Waals surface area (Å²) < 4.78 is 7.04. The second-order valence-electron chi connectivity index (χ2n) is 5.70. The molecule has 0 saturated carbocycles. The van der Waals surface area contributed by atoms with E-state index >= 15 is 0 Å². The molecule has 0 aliphatic heterocycles. The van der Waals surface area contributed by atoms with Crippen molar-refractivity contribution >= 4 is 5.91 Å². The van der Waals surface area contributed by atoms with Gasteiger partial charge in [0.1, 0.15) is 0 Å². The Labute approximate surface area is 124 Å². The van der Waals surface area contributed by atoms with Gasteiger partial charge in [0.05, 0.1) is 24.7 Å². The Hall–Kier alpha value is -2.11. The third-order valence-electron chi connectivity index (χ3n) is 3.38. The number of hydrogen-bond donors (Lipinski definition) is 0. The molecule has 6 nitrogen and oxygen atoms in total. The minimum Gasteiger partial charge on any atom is -0.359 e. The Kier molecular flexibility index (Phi) is 4.77. The fraction of sp³-hybridized carbons (Fsp3) is 0.533. The molecule has 0 saturated heterocycles. The molecule has 1 unspecified atom stereocenters. The number of carbonyl (C=O) groups is 1. The predicted octanol–water partition coefficient (Wildman–Crippen LogP) is 2.29. The van der Waals surface area contributed by atoms with Crippen molar-refractivity contribution in [2.24, 2.45) is 5.92 Å². The van der Waals surface area contributed by atoms with E-state index < -0.39 is 0 Å². The Balaban J connectivity index is 1.92. The highest BCUT2D eigenvalue weighted by Crippen LogP contribution is 2.16. The molecule has 0 radical (unpaired) electrons. The van der Waals surface area contributed by atoms with Crippen LogP contribution in [0.3, 0.4) is 0 Å². The Morgan fingerprint density at radius 2 is 2.19 bits per heavy atom. The van der Waals surface area contributed by atoms with Gasteiger partial charge in [-0.1, -0.05) is 25.9 Å². The molecule has 0 aromatic carbocycles. The minimum absolute atomic E-state index is 0.0630. The molecule has 0 aliphatic carbocycles. The fourth-order valence-electron chi connectivity index (χ4n) is 2.13. The normalized spacial score (nSPS) is 12.6. The summed E-state index contributed by atoms with van der Waals surface area (Å²) in [6.45, 7) is 7.03. The Morgan fingerprint density at radius 3 is 2.76 bits per heavy atom. The summed E-state index contributed by atoms with van der Waals surface area (Å²) in [6.07, 6.45) is 3.57. The lowest BCUT2D eigenvalue weighted by Gasteiger charge is -2.20. The first-order chi connectivity index (χ1) is 9.97. The lowest BCUT2D eigenvalue weighted by atomic mass is 10.1. The topological polar surface area (TPSA) is 64.2 Å². The average molecular weight is 290 g/mol. The molecule has 0 bridgehead atoms. The molecule has 0 N–H and O–H groups in total. The smallest absolute Gasteiger partial charge is 0.227 e. The number of aromatic nitrogens is 3. The molecule has 0 aliphatic rings. The molecule has 2 heterocycles. The van der Waals surface area contributed by atoms with E-state index in [2.05, 4.69) is 24.1 Å². The van der Waals surface area contributed by atoms with Gasteiger partial charge in [0.15, 0.2) is 5.76 Å². The van der Waals surface area contributed by atoms with Gasteiger partial charge in [-0.2, -0.15) is 5.10 Å². The van der Waals surface area contributed by atoms with Gasteiger partial charge in [-0.3, -0.25) is 9.48 Å². The maximum absolute atomic E-state index is 12.3. The highest BCUT2D eigenvalue weighted by Gasteiger charge is 2.20. The second-order valence-corrected chi connectivity index (χ2v) is 5.70. The number of amides is 1. The van der Waals surface area contributed by atoms with E-state index in [9.17, 15) is 4.79 Å². The van der Waals surface area contributed by atoms with Crippen molar-refractivity contribution in [3.63, 3.8) is 0 Å². The van der Waals surface area contributed by atoms with Crippen molar-refractivity contribution in [2.75, 3.05) is 7.05 Å². The Bertz CT molecular complexity index is 574. The first kappa shape index (κ1) is 15.3. The molecule has 2 aromatic heterocycles. The SMILES string of the molecule is CC(Cn1cccn1)C(=O)N(C)Cc1cc(C(C)C)no1. The van der Waals surface area contributed by atoms with Crippen LogP contribution in [0.15, 0.2) is 29.0 Å². The van der Waals surface area contributed by atoms with Crippen molar-refractivity contribution in [1.82, 2.24) is 19.8 Å². The molecule has 1 atom stereocenters. The summed E-state index contributed by atoms with van der Waals surface area (Å²) in [6, 6.07) is 3.76. The monoisotopic (exact) mass is 290 g/mol. The molecule has 0 fully saturated rings.